The Bertz CT molecular complexity index is 440. The number of esters is 1. The van der Waals surface area contributed by atoms with Crippen molar-refractivity contribution >= 4 is 11.9 Å². The van der Waals surface area contributed by atoms with Gasteiger partial charge in [0, 0.05) is 11.8 Å². The number of carboxylic acid groups (broad SMARTS) is 1. The van der Waals surface area contributed by atoms with E-state index in [1.807, 2.05) is 18.2 Å². The molecular formula is C14H18KNO4. The maximum atomic E-state index is 11.3. The van der Waals surface area contributed by atoms with Crippen LogP contribution >= 0.6 is 0 Å². The van der Waals surface area contributed by atoms with Crippen molar-refractivity contribution in [2.75, 3.05) is 6.61 Å². The molecule has 20 heavy (non-hydrogen) atoms. The van der Waals surface area contributed by atoms with E-state index in [1.54, 1.807) is 13.8 Å². The maximum absolute atomic E-state index is 11.3. The first kappa shape index (κ1) is 19.6. The first-order valence-electron chi connectivity index (χ1n) is 6.21. The second kappa shape index (κ2) is 10.3. The van der Waals surface area contributed by atoms with Crippen molar-refractivity contribution < 1.29 is 70.8 Å². The van der Waals surface area contributed by atoms with Crippen molar-refractivity contribution in [3.05, 3.63) is 35.6 Å². The number of hydrogen-bond acceptors (Lipinski definition) is 5. The minimum atomic E-state index is -1.21. The van der Waals surface area contributed by atoms with Gasteiger partial charge in [-0.25, -0.2) is 4.79 Å². The zero-order chi connectivity index (χ0) is 14.3. The van der Waals surface area contributed by atoms with E-state index < -0.39 is 18.0 Å². The number of carboxylic acids is 1. The molecule has 0 aliphatic heterocycles. The number of carbonyl (C=O) groups is 2. The molecule has 0 bridgehead atoms. The van der Waals surface area contributed by atoms with Gasteiger partial charge in [-0.2, -0.15) is 0 Å². The van der Waals surface area contributed by atoms with Crippen LogP contribution in [0, 0.1) is 0 Å². The summed E-state index contributed by atoms with van der Waals surface area (Å²) in [5.74, 6) is -1.71. The van der Waals surface area contributed by atoms with Crippen molar-refractivity contribution in [1.82, 2.24) is 5.32 Å². The monoisotopic (exact) mass is 303 g/mol. The minimum Gasteiger partial charge on any atom is -0.548 e. The number of aliphatic carboxylic acids is 1. The van der Waals surface area contributed by atoms with E-state index in [0.29, 0.717) is 18.5 Å². The molecular weight excluding hydrogens is 285 g/mol. The summed E-state index contributed by atoms with van der Waals surface area (Å²) >= 11 is 0. The summed E-state index contributed by atoms with van der Waals surface area (Å²) in [5, 5.41) is 13.9. The molecule has 6 heteroatoms. The molecule has 0 saturated carbocycles. The molecule has 1 aliphatic rings. The summed E-state index contributed by atoms with van der Waals surface area (Å²) < 4.78 is 4.76. The quantitative estimate of drug-likeness (QED) is 0.253. The molecule has 0 amide bonds. The average Bonchev–Trinajstić information content (AvgIpc) is 2.37. The number of carbonyl (C=O) groups excluding carboxylic acids is 2. The van der Waals surface area contributed by atoms with Crippen molar-refractivity contribution in [1.29, 1.82) is 0 Å². The predicted molar refractivity (Wildman–Crippen MR) is 68.8 cm³/mol. The van der Waals surface area contributed by atoms with Gasteiger partial charge in [0.2, 0.25) is 0 Å². The average molecular weight is 303 g/mol. The Hall–Kier alpha value is -0.404. The van der Waals surface area contributed by atoms with E-state index in [1.165, 1.54) is 6.08 Å². The van der Waals surface area contributed by atoms with E-state index in [9.17, 15) is 14.7 Å². The molecule has 0 heterocycles. The van der Waals surface area contributed by atoms with E-state index in [2.05, 4.69) is 5.32 Å². The molecule has 0 unspecified atom stereocenters. The number of rotatable bonds is 6. The normalized spacial score (nSPS) is 15.7. The third-order valence-electron chi connectivity index (χ3n) is 2.64. The third kappa shape index (κ3) is 6.85. The Balaban J connectivity index is 0.00000361. The molecule has 0 saturated heterocycles. The molecule has 0 aromatic rings. The fourth-order valence-corrected chi connectivity index (χ4v) is 1.79. The molecule has 1 rings (SSSR count). The Morgan fingerprint density at radius 3 is 2.70 bits per heavy atom. The van der Waals surface area contributed by atoms with Crippen molar-refractivity contribution in [2.45, 2.75) is 32.7 Å². The van der Waals surface area contributed by atoms with Gasteiger partial charge in [0.1, 0.15) is 0 Å². The maximum Gasteiger partial charge on any atom is 1.00 e. The van der Waals surface area contributed by atoms with Crippen LogP contribution in [0.25, 0.3) is 0 Å². The van der Waals surface area contributed by atoms with E-state index in [-0.39, 0.29) is 58.0 Å². The molecule has 1 N–H and O–H groups in total. The second-order valence-corrected chi connectivity index (χ2v) is 4.17. The van der Waals surface area contributed by atoms with Crippen molar-refractivity contribution in [3.63, 3.8) is 0 Å². The van der Waals surface area contributed by atoms with E-state index in [4.69, 9.17) is 4.74 Å². The number of nitrogens with one attached hydrogen (secondary N) is 1. The summed E-state index contributed by atoms with van der Waals surface area (Å²) in [6.07, 6.45) is 8.25. The summed E-state index contributed by atoms with van der Waals surface area (Å²) in [6, 6.07) is -0.921. The molecule has 0 aromatic heterocycles. The second-order valence-electron chi connectivity index (χ2n) is 4.17. The molecule has 0 aromatic carbocycles. The largest absolute Gasteiger partial charge is 1.00 e. The van der Waals surface area contributed by atoms with Crippen LogP contribution in [0.3, 0.4) is 0 Å². The van der Waals surface area contributed by atoms with Gasteiger partial charge >= 0.3 is 57.4 Å². The van der Waals surface area contributed by atoms with Gasteiger partial charge in [-0.1, -0.05) is 18.2 Å². The topological polar surface area (TPSA) is 78.5 Å². The van der Waals surface area contributed by atoms with Crippen LogP contribution in [0.15, 0.2) is 35.6 Å². The van der Waals surface area contributed by atoms with Gasteiger partial charge in [-0.3, -0.25) is 0 Å². The minimum absolute atomic E-state index is 0. The van der Waals surface area contributed by atoms with Crippen LogP contribution in [0.2, 0.25) is 0 Å². The molecule has 0 fully saturated rings. The van der Waals surface area contributed by atoms with Crippen LogP contribution in [0.4, 0.5) is 0 Å². The first-order chi connectivity index (χ1) is 9.04. The summed E-state index contributed by atoms with van der Waals surface area (Å²) in [6.45, 7) is 3.60. The number of allylic oxidation sites excluding steroid dienone is 4. The number of ether oxygens (including phenoxy) is 1. The third-order valence-corrected chi connectivity index (χ3v) is 2.64. The summed E-state index contributed by atoms with van der Waals surface area (Å²) in [7, 11) is 0. The van der Waals surface area contributed by atoms with E-state index in [0.717, 1.165) is 5.57 Å². The van der Waals surface area contributed by atoms with Gasteiger partial charge in [0.15, 0.2) is 0 Å². The Labute approximate surface area is 161 Å². The Morgan fingerprint density at radius 1 is 1.50 bits per heavy atom. The molecule has 5 nitrogen and oxygen atoms in total. The van der Waals surface area contributed by atoms with E-state index >= 15 is 0 Å². The zero-order valence-electron chi connectivity index (χ0n) is 12.1. The zero-order valence-corrected chi connectivity index (χ0v) is 15.3. The van der Waals surface area contributed by atoms with Gasteiger partial charge in [-0.05, 0) is 32.3 Å². The number of hydrogen-bond donors (Lipinski definition) is 1. The van der Waals surface area contributed by atoms with Gasteiger partial charge in [-0.15, -0.1) is 0 Å². The SMILES string of the molecule is CCOC(=O)/C=C(/C)N[C@@H](C(=O)[O-])C1=CCC=CC1.[K+]. The van der Waals surface area contributed by atoms with Gasteiger partial charge in [0.05, 0.1) is 18.6 Å². The van der Waals surface area contributed by atoms with Gasteiger partial charge < -0.3 is 20.0 Å². The molecule has 1 atom stereocenters. The van der Waals surface area contributed by atoms with Crippen molar-refractivity contribution in [3.8, 4) is 0 Å². The Morgan fingerprint density at radius 2 is 2.20 bits per heavy atom. The van der Waals surface area contributed by atoms with Gasteiger partial charge in [0.25, 0.3) is 0 Å². The summed E-state index contributed by atoms with van der Waals surface area (Å²) in [5.41, 5.74) is 1.17. The molecule has 104 valence electrons. The van der Waals surface area contributed by atoms with Crippen LogP contribution in [0.1, 0.15) is 26.7 Å². The fourth-order valence-electron chi connectivity index (χ4n) is 1.79. The van der Waals surface area contributed by atoms with Crippen LogP contribution in [-0.2, 0) is 14.3 Å². The molecule has 1 aliphatic carbocycles. The molecule has 0 radical (unpaired) electrons. The first-order valence-corrected chi connectivity index (χ1v) is 6.21. The van der Waals surface area contributed by atoms with Crippen LogP contribution in [0.5, 0.6) is 0 Å². The Kier molecular flexibility index (Phi) is 10.1. The smallest absolute Gasteiger partial charge is 0.548 e. The van der Waals surface area contributed by atoms with Crippen LogP contribution < -0.4 is 61.8 Å². The van der Waals surface area contributed by atoms with Crippen molar-refractivity contribution in [2.24, 2.45) is 0 Å². The molecule has 0 spiro atoms. The standard InChI is InChI=1S/C14H19NO4.K/c1-3-19-12(16)9-10(2)15-13(14(17)18)11-7-5-4-6-8-11;/h4-5,8-9,13,15H,3,6-7H2,1-2H3,(H,17,18);/q;+1/p-1/b10-9-;/t13-;/m1./s1. The van der Waals surface area contributed by atoms with Crippen LogP contribution in [-0.4, -0.2) is 24.6 Å². The summed E-state index contributed by atoms with van der Waals surface area (Å²) in [4.78, 5) is 22.4. The fraction of sp³-hybridized carbons (Fsp3) is 0.429. The predicted octanol–water partition coefficient (Wildman–Crippen LogP) is -2.56.